The lowest BCUT2D eigenvalue weighted by molar-refractivity contribution is -0.273. The van der Waals surface area contributed by atoms with Gasteiger partial charge in [0.25, 0.3) is 5.91 Å². The fourth-order valence-corrected chi connectivity index (χ4v) is 11.2. The topological polar surface area (TPSA) is 225 Å². The summed E-state index contributed by atoms with van der Waals surface area (Å²) in [5.74, 6) is 0.170. The molecule has 17 heteroatoms. The molecule has 0 radical (unpaired) electrons. The fourth-order valence-electron chi connectivity index (χ4n) is 10.4. The zero-order valence-corrected chi connectivity index (χ0v) is 54.1. The average Bonchev–Trinajstić information content (AvgIpc) is 3.44. The number of esters is 2. The summed E-state index contributed by atoms with van der Waals surface area (Å²) in [4.78, 5) is 51.9. The van der Waals surface area contributed by atoms with Crippen molar-refractivity contribution >= 4 is 32.0 Å². The molecular formula is C65H124N2O14P+. The molecule has 0 saturated carbocycles. The maximum atomic E-state index is 13.7. The van der Waals surface area contributed by atoms with E-state index in [4.69, 9.17) is 28.0 Å². The third kappa shape index (κ3) is 45.1. The molecule has 482 valence electrons. The van der Waals surface area contributed by atoms with Gasteiger partial charge in [0.2, 0.25) is 12.0 Å². The van der Waals surface area contributed by atoms with Crippen LogP contribution in [0.3, 0.4) is 0 Å². The summed E-state index contributed by atoms with van der Waals surface area (Å²) in [6.07, 6.45) is 35.0. The number of ether oxygens (including phenoxy) is 4. The lowest BCUT2D eigenvalue weighted by Crippen LogP contribution is -2.64. The second kappa shape index (κ2) is 53.0. The molecule has 1 heterocycles. The molecule has 0 aromatic rings. The standard InChI is InChI=1S/C65H123N2O14P/c1-52(2)42-36-30-24-18-12-8-9-17-23-29-35-41-47-66-64(74)58(51-77-65-61(67-55(7)69)63(73)62(72)57(48-68)80-65)81-82(75)78-50-56(79-60(71)46-40-34-28-22-16-11-14-20-26-32-38-44-54(5)6)49-76-59(70)45-39-33-27-21-15-10-13-19-25-31-37-43-53(3)4/h52-54,56-58,61-63,65,68,72-73H,8-51H2,1-7H3,(H-,66,67,69,74)/p+1/t56-,57-,58-,61-,62-,63-,65+/m1/s1. The van der Waals surface area contributed by atoms with Gasteiger partial charge in [0.05, 0.1) is 13.2 Å². The minimum absolute atomic E-state index is 0.159. The third-order valence-corrected chi connectivity index (χ3v) is 16.4. The van der Waals surface area contributed by atoms with Crippen LogP contribution in [0.1, 0.15) is 299 Å². The van der Waals surface area contributed by atoms with Crippen molar-refractivity contribution in [1.82, 2.24) is 10.6 Å². The van der Waals surface area contributed by atoms with E-state index in [1.54, 1.807) is 0 Å². The van der Waals surface area contributed by atoms with Gasteiger partial charge in [-0.25, -0.2) is 0 Å². The van der Waals surface area contributed by atoms with Gasteiger partial charge < -0.3 is 44.9 Å². The molecule has 1 unspecified atom stereocenters. The highest BCUT2D eigenvalue weighted by molar-refractivity contribution is 7.33. The second-order valence-corrected chi connectivity index (χ2v) is 26.0. The zero-order chi connectivity index (χ0) is 60.4. The van der Waals surface area contributed by atoms with Gasteiger partial charge in [-0.15, -0.1) is 9.05 Å². The van der Waals surface area contributed by atoms with E-state index in [0.29, 0.717) is 25.8 Å². The summed E-state index contributed by atoms with van der Waals surface area (Å²) in [5, 5.41) is 36.5. The van der Waals surface area contributed by atoms with E-state index in [-0.39, 0.29) is 19.4 Å². The quantitative estimate of drug-likeness (QED) is 0.0217. The van der Waals surface area contributed by atoms with E-state index < -0.39 is 94.7 Å². The summed E-state index contributed by atoms with van der Waals surface area (Å²) in [5.41, 5.74) is 0. The van der Waals surface area contributed by atoms with Gasteiger partial charge in [0.15, 0.2) is 12.4 Å². The van der Waals surface area contributed by atoms with Crippen molar-refractivity contribution in [3.63, 3.8) is 0 Å². The Hall–Kier alpha value is -2.30. The van der Waals surface area contributed by atoms with Crippen LogP contribution in [0.25, 0.3) is 0 Å². The number of carbonyl (C=O) groups is 4. The van der Waals surface area contributed by atoms with Crippen molar-refractivity contribution in [1.29, 1.82) is 0 Å². The van der Waals surface area contributed by atoms with E-state index in [1.807, 2.05) is 0 Å². The molecule has 1 saturated heterocycles. The molecule has 2 amide bonds. The Morgan fingerprint density at radius 1 is 0.512 bits per heavy atom. The van der Waals surface area contributed by atoms with Crippen LogP contribution in [0.15, 0.2) is 0 Å². The second-order valence-electron chi connectivity index (χ2n) is 25.0. The number of hydrogen-bond acceptors (Lipinski definition) is 14. The van der Waals surface area contributed by atoms with Crippen molar-refractivity contribution in [2.75, 3.05) is 33.0 Å². The monoisotopic (exact) mass is 1190 g/mol. The number of unbranched alkanes of at least 4 members (excludes halogenated alkanes) is 31. The van der Waals surface area contributed by atoms with Crippen LogP contribution in [0.2, 0.25) is 0 Å². The van der Waals surface area contributed by atoms with Gasteiger partial charge in [-0.05, 0) is 37.0 Å². The minimum atomic E-state index is -3.08. The maximum absolute atomic E-state index is 13.7. The van der Waals surface area contributed by atoms with Crippen LogP contribution >= 0.6 is 8.25 Å². The van der Waals surface area contributed by atoms with Crippen molar-refractivity contribution in [2.45, 2.75) is 342 Å². The molecule has 1 fully saturated rings. The van der Waals surface area contributed by atoms with Gasteiger partial charge in [-0.3, -0.25) is 19.2 Å². The highest BCUT2D eigenvalue weighted by Gasteiger charge is 2.46. The van der Waals surface area contributed by atoms with E-state index >= 15 is 0 Å². The Balaban J connectivity index is 2.85. The molecule has 8 atom stereocenters. The van der Waals surface area contributed by atoms with Crippen LogP contribution in [0, 0.1) is 17.8 Å². The summed E-state index contributed by atoms with van der Waals surface area (Å²) < 4.78 is 47.7. The van der Waals surface area contributed by atoms with Gasteiger partial charge >= 0.3 is 20.2 Å². The Bertz CT molecular complexity index is 1570. The Morgan fingerprint density at radius 3 is 1.30 bits per heavy atom. The van der Waals surface area contributed by atoms with Crippen molar-refractivity contribution in [3.05, 3.63) is 0 Å². The SMILES string of the molecule is CC(=O)N[C@H]1[C@@H](OC[C@@H](O[P+](=O)OC[C@@H](COC(=O)CCCCCCCCCCCCCC(C)C)OC(=O)CCCCCCCCCCCCCC(C)C)C(=O)NCCCCCCCCCCCCCCC(C)C)O[C@H](CO)[C@@H](O)[C@@H]1O. The highest BCUT2D eigenvalue weighted by Crippen LogP contribution is 2.29. The van der Waals surface area contributed by atoms with Crippen LogP contribution in [0.5, 0.6) is 0 Å². The van der Waals surface area contributed by atoms with Gasteiger partial charge in [0, 0.05) is 30.9 Å². The normalized spacial score (nSPS) is 18.3. The average molecular weight is 1190 g/mol. The molecular weight excluding hydrogens is 1060 g/mol. The third-order valence-electron chi connectivity index (χ3n) is 15.6. The number of amides is 2. The first-order valence-corrected chi connectivity index (χ1v) is 34.5. The number of carbonyl (C=O) groups excluding carboxylic acids is 4. The fraction of sp³-hybridized carbons (Fsp3) is 0.938. The molecule has 0 aliphatic carbocycles. The first-order chi connectivity index (χ1) is 39.5. The summed E-state index contributed by atoms with van der Waals surface area (Å²) >= 11 is 0. The molecule has 16 nitrogen and oxygen atoms in total. The number of aliphatic hydroxyl groups excluding tert-OH is 3. The number of aliphatic hydroxyl groups is 3. The maximum Gasteiger partial charge on any atom is 0.698 e. The molecule has 82 heavy (non-hydrogen) atoms. The van der Waals surface area contributed by atoms with Crippen LogP contribution < -0.4 is 10.6 Å². The Morgan fingerprint density at radius 2 is 0.902 bits per heavy atom. The first-order valence-electron chi connectivity index (χ1n) is 33.4. The van der Waals surface area contributed by atoms with Crippen molar-refractivity contribution in [3.8, 4) is 0 Å². The molecule has 1 rings (SSSR count). The van der Waals surface area contributed by atoms with E-state index in [9.17, 15) is 39.1 Å². The van der Waals surface area contributed by atoms with Gasteiger partial charge in [-0.2, -0.15) is 0 Å². The number of rotatable bonds is 57. The van der Waals surface area contributed by atoms with E-state index in [2.05, 4.69) is 52.2 Å². The van der Waals surface area contributed by atoms with E-state index in [0.717, 1.165) is 75.5 Å². The lowest BCUT2D eigenvalue weighted by Gasteiger charge is -2.42. The molecule has 0 aromatic heterocycles. The molecule has 1 aliphatic rings. The first kappa shape index (κ1) is 77.7. The predicted molar refractivity (Wildman–Crippen MR) is 328 cm³/mol. The summed E-state index contributed by atoms with van der Waals surface area (Å²) in [6.45, 7) is 13.1. The predicted octanol–water partition coefficient (Wildman–Crippen LogP) is 14.8. The van der Waals surface area contributed by atoms with Crippen molar-refractivity contribution < 1.29 is 67.1 Å². The minimum Gasteiger partial charge on any atom is -0.462 e. The molecule has 0 aromatic carbocycles. The summed E-state index contributed by atoms with van der Waals surface area (Å²) in [7, 11) is -3.08. The smallest absolute Gasteiger partial charge is 0.462 e. The highest BCUT2D eigenvalue weighted by atomic mass is 31.1. The summed E-state index contributed by atoms with van der Waals surface area (Å²) in [6, 6.07) is -1.29. The largest absolute Gasteiger partial charge is 0.698 e. The Kier molecular flexibility index (Phi) is 50.2. The molecule has 1 aliphatic heterocycles. The van der Waals surface area contributed by atoms with Gasteiger partial charge in [-0.1, -0.05) is 260 Å². The Labute approximate surface area is 500 Å². The van der Waals surface area contributed by atoms with Crippen LogP contribution in [-0.4, -0.2) is 115 Å². The van der Waals surface area contributed by atoms with E-state index in [1.165, 1.54) is 167 Å². The molecule has 0 spiro atoms. The van der Waals surface area contributed by atoms with Crippen LogP contribution in [0.4, 0.5) is 0 Å². The van der Waals surface area contributed by atoms with Crippen LogP contribution in [-0.2, 0) is 51.7 Å². The van der Waals surface area contributed by atoms with Crippen molar-refractivity contribution in [2.24, 2.45) is 17.8 Å². The number of hydrogen-bond donors (Lipinski definition) is 5. The lowest BCUT2D eigenvalue weighted by atomic mass is 9.97. The zero-order valence-electron chi connectivity index (χ0n) is 53.2. The molecule has 0 bridgehead atoms. The molecule has 5 N–H and O–H groups in total. The van der Waals surface area contributed by atoms with Gasteiger partial charge in [0.1, 0.15) is 37.6 Å². The number of nitrogens with one attached hydrogen (secondary N) is 2.